The number of nitrogens with two attached hydrogens (primary N) is 1. The van der Waals surface area contributed by atoms with Crippen molar-refractivity contribution in [3.8, 4) is 0 Å². The minimum Gasteiger partial charge on any atom is -0.389 e. The van der Waals surface area contributed by atoms with E-state index in [0.717, 1.165) is 29.9 Å². The summed E-state index contributed by atoms with van der Waals surface area (Å²) in [4.78, 5) is 4.70. The van der Waals surface area contributed by atoms with Crippen LogP contribution in [0.4, 0.5) is 5.82 Å². The first-order valence-electron chi connectivity index (χ1n) is 5.65. The molecule has 0 fully saturated rings. The molecule has 0 atom stereocenters. The molecule has 1 rings (SSSR count). The lowest BCUT2D eigenvalue weighted by Gasteiger charge is -2.11. The van der Waals surface area contributed by atoms with E-state index < -0.39 is 0 Å². The molecule has 0 radical (unpaired) electrons. The molecule has 0 spiro atoms. The lowest BCUT2D eigenvalue weighted by Crippen LogP contribution is -2.16. The zero-order valence-electron chi connectivity index (χ0n) is 10.3. The van der Waals surface area contributed by atoms with E-state index in [4.69, 9.17) is 18.0 Å². The largest absolute Gasteiger partial charge is 0.389 e. The highest BCUT2D eigenvalue weighted by atomic mass is 32.2. The van der Waals surface area contributed by atoms with Crippen LogP contribution in [0, 0.1) is 6.92 Å². The summed E-state index contributed by atoms with van der Waals surface area (Å²) in [5.41, 5.74) is 7.65. The van der Waals surface area contributed by atoms with E-state index in [1.807, 2.05) is 24.8 Å². The number of pyridine rings is 1. The van der Waals surface area contributed by atoms with Crippen molar-refractivity contribution in [2.75, 3.05) is 23.9 Å². The van der Waals surface area contributed by atoms with E-state index >= 15 is 0 Å². The molecule has 1 aromatic heterocycles. The molecule has 0 bridgehead atoms. The van der Waals surface area contributed by atoms with Crippen molar-refractivity contribution in [2.24, 2.45) is 5.73 Å². The maximum Gasteiger partial charge on any atom is 0.136 e. The minimum atomic E-state index is 0.405. The van der Waals surface area contributed by atoms with Gasteiger partial charge < -0.3 is 11.1 Å². The number of rotatable bonds is 7. The van der Waals surface area contributed by atoms with Crippen molar-refractivity contribution in [1.29, 1.82) is 0 Å². The topological polar surface area (TPSA) is 50.9 Å². The Bertz CT molecular complexity index is 380. The van der Waals surface area contributed by atoms with Crippen LogP contribution in [0.3, 0.4) is 0 Å². The van der Waals surface area contributed by atoms with Gasteiger partial charge in [0, 0.05) is 12.7 Å². The highest BCUT2D eigenvalue weighted by molar-refractivity contribution is 7.98. The van der Waals surface area contributed by atoms with Crippen molar-refractivity contribution < 1.29 is 0 Å². The van der Waals surface area contributed by atoms with Crippen LogP contribution in [0.5, 0.6) is 0 Å². The molecule has 0 saturated heterocycles. The van der Waals surface area contributed by atoms with Gasteiger partial charge in [0.25, 0.3) is 0 Å². The summed E-state index contributed by atoms with van der Waals surface area (Å²) in [7, 11) is 0. The Labute approximate surface area is 113 Å². The molecule has 0 aliphatic rings. The lowest BCUT2D eigenvalue weighted by molar-refractivity contribution is 0.839. The number of aromatic nitrogens is 1. The Morgan fingerprint density at radius 3 is 2.94 bits per heavy atom. The number of nitrogens with zero attached hydrogens (tertiary/aromatic N) is 1. The van der Waals surface area contributed by atoms with Gasteiger partial charge in [0.2, 0.25) is 0 Å². The average molecular weight is 269 g/mol. The summed E-state index contributed by atoms with van der Waals surface area (Å²) in [6.07, 6.45) is 6.25. The van der Waals surface area contributed by atoms with Crippen molar-refractivity contribution in [3.05, 3.63) is 23.4 Å². The van der Waals surface area contributed by atoms with Gasteiger partial charge in [-0.05, 0) is 43.4 Å². The highest BCUT2D eigenvalue weighted by Gasteiger charge is 2.08. The van der Waals surface area contributed by atoms with Gasteiger partial charge in [-0.1, -0.05) is 12.2 Å². The van der Waals surface area contributed by atoms with Gasteiger partial charge in [-0.25, -0.2) is 4.98 Å². The molecule has 0 aromatic carbocycles. The Morgan fingerprint density at radius 2 is 2.29 bits per heavy atom. The molecule has 94 valence electrons. The Balaban J connectivity index is 2.58. The van der Waals surface area contributed by atoms with Crippen LogP contribution >= 0.6 is 24.0 Å². The second-order valence-corrected chi connectivity index (χ2v) is 5.27. The summed E-state index contributed by atoms with van der Waals surface area (Å²) >= 11 is 6.93. The Hall–Kier alpha value is -0.810. The third-order valence-corrected chi connectivity index (χ3v) is 3.37. The van der Waals surface area contributed by atoms with Crippen molar-refractivity contribution >= 4 is 34.8 Å². The van der Waals surface area contributed by atoms with Gasteiger partial charge in [-0.15, -0.1) is 0 Å². The quantitative estimate of drug-likeness (QED) is 0.588. The molecule has 3 nitrogen and oxygen atoms in total. The Kier molecular flexibility index (Phi) is 6.29. The van der Waals surface area contributed by atoms with Crippen molar-refractivity contribution in [2.45, 2.75) is 19.8 Å². The number of hydrogen-bond acceptors (Lipinski definition) is 4. The van der Waals surface area contributed by atoms with Gasteiger partial charge in [0.05, 0.1) is 5.56 Å². The number of nitrogens with one attached hydrogen (secondary N) is 1. The fourth-order valence-corrected chi connectivity index (χ4v) is 2.33. The summed E-state index contributed by atoms with van der Waals surface area (Å²) in [6.45, 7) is 2.90. The number of anilines is 1. The summed E-state index contributed by atoms with van der Waals surface area (Å²) in [5, 5.41) is 3.31. The predicted molar refractivity (Wildman–Crippen MR) is 81.0 cm³/mol. The van der Waals surface area contributed by atoms with E-state index in [9.17, 15) is 0 Å². The van der Waals surface area contributed by atoms with Crippen molar-refractivity contribution in [3.63, 3.8) is 0 Å². The molecule has 0 aliphatic heterocycles. The monoisotopic (exact) mass is 269 g/mol. The third-order valence-electron chi connectivity index (χ3n) is 2.47. The normalized spacial score (nSPS) is 10.2. The molecular weight excluding hydrogens is 250 g/mol. The molecule has 17 heavy (non-hydrogen) atoms. The predicted octanol–water partition coefficient (Wildman–Crippen LogP) is 2.58. The molecule has 0 saturated carbocycles. The number of unbranched alkanes of at least 4 members (excludes halogenated alkanes) is 1. The molecule has 1 heterocycles. The molecular formula is C12H19N3S2. The maximum atomic E-state index is 5.72. The van der Waals surface area contributed by atoms with Gasteiger partial charge in [0.1, 0.15) is 10.8 Å². The SMILES string of the molecule is CSCCCCNc1nccc(C)c1C(N)=S. The fraction of sp³-hybridized carbons (Fsp3) is 0.500. The first-order chi connectivity index (χ1) is 8.16. The van der Waals surface area contributed by atoms with Crippen LogP contribution in [0.1, 0.15) is 24.0 Å². The van der Waals surface area contributed by atoms with E-state index in [0.29, 0.717) is 4.99 Å². The van der Waals surface area contributed by atoms with Crippen LogP contribution in [0.2, 0.25) is 0 Å². The standard InChI is InChI=1S/C12H19N3S2/c1-9-5-7-15-12(10(9)11(13)16)14-6-3-4-8-17-2/h5,7H,3-4,6,8H2,1-2H3,(H2,13,16)(H,14,15). The molecule has 5 heteroatoms. The summed E-state index contributed by atoms with van der Waals surface area (Å²) in [5.74, 6) is 2.01. The molecule has 1 aromatic rings. The van der Waals surface area contributed by atoms with Crippen LogP contribution in [-0.2, 0) is 0 Å². The second-order valence-electron chi connectivity index (χ2n) is 3.84. The third kappa shape index (κ3) is 4.52. The van der Waals surface area contributed by atoms with E-state index in [1.165, 1.54) is 12.2 Å². The van der Waals surface area contributed by atoms with E-state index in [2.05, 4.69) is 16.6 Å². The maximum absolute atomic E-state index is 5.72. The van der Waals surface area contributed by atoms with Gasteiger partial charge in [-0.3, -0.25) is 0 Å². The number of thioether (sulfide) groups is 1. The summed E-state index contributed by atoms with van der Waals surface area (Å²) in [6, 6.07) is 1.92. The highest BCUT2D eigenvalue weighted by Crippen LogP contribution is 2.16. The minimum absolute atomic E-state index is 0.405. The first kappa shape index (κ1) is 14.3. The first-order valence-corrected chi connectivity index (χ1v) is 7.45. The zero-order chi connectivity index (χ0) is 12.7. The van der Waals surface area contributed by atoms with Crippen LogP contribution in [-0.4, -0.2) is 28.5 Å². The van der Waals surface area contributed by atoms with Crippen LogP contribution in [0.25, 0.3) is 0 Å². The molecule has 0 aliphatic carbocycles. The molecule has 0 unspecified atom stereocenters. The number of thiocarbonyl (C=S) groups is 1. The number of aryl methyl sites for hydroxylation is 1. The zero-order valence-corrected chi connectivity index (χ0v) is 12.0. The van der Waals surface area contributed by atoms with Crippen LogP contribution in [0.15, 0.2) is 12.3 Å². The molecule has 3 N–H and O–H groups in total. The smallest absolute Gasteiger partial charge is 0.136 e. The van der Waals surface area contributed by atoms with Gasteiger partial charge in [0.15, 0.2) is 0 Å². The van der Waals surface area contributed by atoms with E-state index in [-0.39, 0.29) is 0 Å². The van der Waals surface area contributed by atoms with Gasteiger partial charge in [-0.2, -0.15) is 11.8 Å². The lowest BCUT2D eigenvalue weighted by atomic mass is 10.1. The van der Waals surface area contributed by atoms with E-state index in [1.54, 1.807) is 6.20 Å². The van der Waals surface area contributed by atoms with Gasteiger partial charge >= 0.3 is 0 Å². The second kappa shape index (κ2) is 7.50. The van der Waals surface area contributed by atoms with Crippen molar-refractivity contribution in [1.82, 2.24) is 4.98 Å². The Morgan fingerprint density at radius 1 is 1.53 bits per heavy atom. The summed E-state index contributed by atoms with van der Waals surface area (Å²) < 4.78 is 0. The molecule has 0 amide bonds. The average Bonchev–Trinajstić information content (AvgIpc) is 2.28. The fourth-order valence-electron chi connectivity index (χ4n) is 1.58. The van der Waals surface area contributed by atoms with Crippen LogP contribution < -0.4 is 11.1 Å². The number of hydrogen-bond donors (Lipinski definition) is 2.